The first-order valence-electron chi connectivity index (χ1n) is 5.79. The van der Waals surface area contributed by atoms with Crippen LogP contribution in [0.3, 0.4) is 0 Å². The van der Waals surface area contributed by atoms with Crippen molar-refractivity contribution in [3.63, 3.8) is 0 Å². The Labute approximate surface area is 116 Å². The molecule has 0 saturated carbocycles. The Morgan fingerprint density at radius 2 is 1.90 bits per heavy atom. The molecule has 0 radical (unpaired) electrons. The minimum Gasteiger partial charge on any atom is -0.480 e. The van der Waals surface area contributed by atoms with Gasteiger partial charge in [0.1, 0.15) is 6.04 Å². The van der Waals surface area contributed by atoms with Crippen LogP contribution in [-0.2, 0) is 24.3 Å². The number of esters is 1. The molecule has 1 aromatic rings. The Morgan fingerprint density at radius 1 is 1.30 bits per heavy atom. The predicted octanol–water partition coefficient (Wildman–Crippen LogP) is 0.295. The highest BCUT2D eigenvalue weighted by molar-refractivity contribution is 7.90. The van der Waals surface area contributed by atoms with Crippen LogP contribution >= 0.6 is 0 Å². The number of rotatable bonds is 7. The van der Waals surface area contributed by atoms with Gasteiger partial charge in [-0.05, 0) is 12.5 Å². The van der Waals surface area contributed by atoms with Crippen molar-refractivity contribution in [2.75, 3.05) is 12.4 Å². The van der Waals surface area contributed by atoms with Crippen molar-refractivity contribution >= 4 is 22.0 Å². The van der Waals surface area contributed by atoms with E-state index in [1.807, 2.05) is 4.72 Å². The summed E-state index contributed by atoms with van der Waals surface area (Å²) in [5, 5.41) is 9.08. The summed E-state index contributed by atoms with van der Waals surface area (Å²) in [6.07, 6.45) is 0. The highest BCUT2D eigenvalue weighted by atomic mass is 32.2. The maximum Gasteiger partial charge on any atom is 0.326 e. The average molecular weight is 301 g/mol. The lowest BCUT2D eigenvalue weighted by atomic mass is 10.1. The monoisotopic (exact) mass is 301 g/mol. The Bertz CT molecular complexity index is 569. The van der Waals surface area contributed by atoms with Crippen LogP contribution < -0.4 is 4.72 Å². The molecule has 0 heterocycles. The highest BCUT2D eigenvalue weighted by Gasteiger charge is 2.27. The number of carbonyl (C=O) groups excluding carboxylic acids is 1. The van der Waals surface area contributed by atoms with Crippen LogP contribution in [-0.4, -0.2) is 37.8 Å². The van der Waals surface area contributed by atoms with Crippen LogP contribution in [0.5, 0.6) is 0 Å². The van der Waals surface area contributed by atoms with E-state index in [-0.39, 0.29) is 12.2 Å². The first kappa shape index (κ1) is 16.1. The van der Waals surface area contributed by atoms with Gasteiger partial charge >= 0.3 is 11.9 Å². The molecular formula is C12H15NO6S. The molecule has 1 aromatic carbocycles. The fourth-order valence-electron chi connectivity index (χ4n) is 1.49. The van der Waals surface area contributed by atoms with Gasteiger partial charge in [-0.2, -0.15) is 4.72 Å². The summed E-state index contributed by atoms with van der Waals surface area (Å²) in [7, 11) is -4.10. The zero-order chi connectivity index (χ0) is 15.2. The fraction of sp³-hybridized carbons (Fsp3) is 0.333. The molecule has 2 N–H and O–H groups in total. The molecule has 1 rings (SSSR count). The molecular weight excluding hydrogens is 286 g/mol. The summed E-state index contributed by atoms with van der Waals surface area (Å²) >= 11 is 0. The summed E-state index contributed by atoms with van der Waals surface area (Å²) in [6.45, 7) is 1.59. The number of aliphatic carboxylic acids is 1. The Morgan fingerprint density at radius 3 is 2.40 bits per heavy atom. The van der Waals surface area contributed by atoms with Gasteiger partial charge in [0.15, 0.2) is 5.75 Å². The molecule has 0 amide bonds. The van der Waals surface area contributed by atoms with E-state index < -0.39 is 33.8 Å². The van der Waals surface area contributed by atoms with Crippen LogP contribution in [0.2, 0.25) is 0 Å². The number of benzene rings is 1. The summed E-state index contributed by atoms with van der Waals surface area (Å²) in [5.41, 5.74) is 0.271. The van der Waals surface area contributed by atoms with Gasteiger partial charge in [0.25, 0.3) is 0 Å². The number of sulfonamides is 1. The van der Waals surface area contributed by atoms with E-state index in [9.17, 15) is 18.0 Å². The average Bonchev–Trinajstić information content (AvgIpc) is 2.36. The van der Waals surface area contributed by atoms with Gasteiger partial charge in [-0.25, -0.2) is 8.42 Å². The van der Waals surface area contributed by atoms with E-state index in [1.165, 1.54) is 12.1 Å². The minimum atomic E-state index is -4.10. The number of carboxylic acids is 1. The van der Waals surface area contributed by atoms with Gasteiger partial charge < -0.3 is 9.84 Å². The van der Waals surface area contributed by atoms with Gasteiger partial charge in [-0.3, -0.25) is 9.59 Å². The maximum atomic E-state index is 11.7. The third-order valence-electron chi connectivity index (χ3n) is 2.29. The lowest BCUT2D eigenvalue weighted by Crippen LogP contribution is -2.37. The third-order valence-corrected chi connectivity index (χ3v) is 3.50. The summed E-state index contributed by atoms with van der Waals surface area (Å²) in [4.78, 5) is 22.3. The van der Waals surface area contributed by atoms with Crippen LogP contribution in [0, 0.1) is 0 Å². The van der Waals surface area contributed by atoms with Gasteiger partial charge in [-0.1, -0.05) is 30.3 Å². The second-order valence-corrected chi connectivity index (χ2v) is 5.62. The van der Waals surface area contributed by atoms with E-state index >= 15 is 0 Å². The van der Waals surface area contributed by atoms with Crippen LogP contribution in [0.25, 0.3) is 0 Å². The SMILES string of the molecule is CCOC(=O)CS(=O)(=O)NC(C(=O)O)c1ccccc1. The van der Waals surface area contributed by atoms with Crippen LogP contribution in [0.1, 0.15) is 18.5 Å². The molecule has 0 fully saturated rings. The molecule has 0 aliphatic heterocycles. The molecule has 110 valence electrons. The number of hydrogen-bond acceptors (Lipinski definition) is 5. The Kier molecular flexibility index (Phi) is 5.66. The molecule has 0 aromatic heterocycles. The van der Waals surface area contributed by atoms with E-state index in [0.717, 1.165) is 0 Å². The van der Waals surface area contributed by atoms with Gasteiger partial charge in [-0.15, -0.1) is 0 Å². The minimum absolute atomic E-state index is 0.0510. The van der Waals surface area contributed by atoms with E-state index in [2.05, 4.69) is 4.74 Å². The normalized spacial score (nSPS) is 12.7. The molecule has 7 nitrogen and oxygen atoms in total. The number of carboxylic acid groups (broad SMARTS) is 1. The summed E-state index contributed by atoms with van der Waals surface area (Å²) < 4.78 is 29.9. The first-order chi connectivity index (χ1) is 9.35. The van der Waals surface area contributed by atoms with Crippen molar-refractivity contribution in [2.24, 2.45) is 0 Å². The van der Waals surface area contributed by atoms with Gasteiger partial charge in [0.2, 0.25) is 10.0 Å². The van der Waals surface area contributed by atoms with Crippen LogP contribution in [0.15, 0.2) is 30.3 Å². The molecule has 0 aliphatic carbocycles. The second-order valence-electron chi connectivity index (χ2n) is 3.86. The molecule has 20 heavy (non-hydrogen) atoms. The number of hydrogen-bond donors (Lipinski definition) is 2. The van der Waals surface area contributed by atoms with Crippen molar-refractivity contribution < 1.29 is 27.9 Å². The van der Waals surface area contributed by atoms with Crippen molar-refractivity contribution in [2.45, 2.75) is 13.0 Å². The standard InChI is InChI=1S/C12H15NO6S/c1-2-19-10(14)8-20(17,18)13-11(12(15)16)9-6-4-3-5-7-9/h3-7,11,13H,2,8H2,1H3,(H,15,16). The highest BCUT2D eigenvalue weighted by Crippen LogP contribution is 2.14. The largest absolute Gasteiger partial charge is 0.480 e. The Balaban J connectivity index is 2.86. The van der Waals surface area contributed by atoms with Crippen molar-refractivity contribution in [3.8, 4) is 0 Å². The van der Waals surface area contributed by atoms with E-state index in [1.54, 1.807) is 25.1 Å². The summed E-state index contributed by atoms with van der Waals surface area (Å²) in [6, 6.07) is 6.36. The van der Waals surface area contributed by atoms with Crippen LogP contribution in [0.4, 0.5) is 0 Å². The zero-order valence-electron chi connectivity index (χ0n) is 10.8. The number of carbonyl (C=O) groups is 2. The quantitative estimate of drug-likeness (QED) is 0.701. The number of ether oxygens (including phenoxy) is 1. The number of nitrogens with one attached hydrogen (secondary N) is 1. The summed E-state index contributed by atoms with van der Waals surface area (Å²) in [5.74, 6) is -3.21. The van der Waals surface area contributed by atoms with Crippen molar-refractivity contribution in [1.82, 2.24) is 4.72 Å². The fourth-order valence-corrected chi connectivity index (χ4v) is 2.56. The molecule has 8 heteroatoms. The maximum absolute atomic E-state index is 11.7. The Hall–Kier alpha value is -1.93. The molecule has 0 spiro atoms. The first-order valence-corrected chi connectivity index (χ1v) is 7.44. The zero-order valence-corrected chi connectivity index (χ0v) is 11.6. The molecule has 1 atom stereocenters. The van der Waals surface area contributed by atoms with E-state index in [0.29, 0.717) is 0 Å². The van der Waals surface area contributed by atoms with Crippen molar-refractivity contribution in [3.05, 3.63) is 35.9 Å². The molecule has 1 unspecified atom stereocenters. The molecule has 0 saturated heterocycles. The van der Waals surface area contributed by atoms with Gasteiger partial charge in [0, 0.05) is 0 Å². The molecule has 0 aliphatic rings. The third kappa shape index (κ3) is 4.98. The second kappa shape index (κ2) is 7.01. The van der Waals surface area contributed by atoms with Gasteiger partial charge in [0.05, 0.1) is 6.61 Å². The van der Waals surface area contributed by atoms with Crippen molar-refractivity contribution in [1.29, 1.82) is 0 Å². The predicted molar refractivity (Wildman–Crippen MR) is 70.4 cm³/mol. The lowest BCUT2D eigenvalue weighted by Gasteiger charge is -2.14. The van der Waals surface area contributed by atoms with E-state index in [4.69, 9.17) is 5.11 Å². The lowest BCUT2D eigenvalue weighted by molar-refractivity contribution is -0.141. The smallest absolute Gasteiger partial charge is 0.326 e. The topological polar surface area (TPSA) is 110 Å². The molecule has 0 bridgehead atoms.